The number of carbonyl (C=O) groups is 1. The first-order valence-corrected chi connectivity index (χ1v) is 6.42. The van der Waals surface area contributed by atoms with Gasteiger partial charge in [0.05, 0.1) is 6.54 Å². The molecule has 2 heterocycles. The third-order valence-corrected chi connectivity index (χ3v) is 3.33. The van der Waals surface area contributed by atoms with Crippen molar-refractivity contribution >= 4 is 16.9 Å². The maximum absolute atomic E-state index is 10.9. The molecule has 2 aromatic heterocycles. The molecule has 0 fully saturated rings. The maximum Gasteiger partial charge on any atom is 0.320 e. The largest absolute Gasteiger partial charge is 0.480 e. The third-order valence-electron chi connectivity index (χ3n) is 3.33. The smallest absolute Gasteiger partial charge is 0.320 e. The second kappa shape index (κ2) is 5.33. The second-order valence-electron chi connectivity index (χ2n) is 4.78. The highest BCUT2D eigenvalue weighted by molar-refractivity contribution is 5.85. The number of aliphatic carboxylic acids is 1. The quantitative estimate of drug-likeness (QED) is 0.614. The van der Waals surface area contributed by atoms with Crippen LogP contribution in [0.15, 0.2) is 30.5 Å². The molecule has 4 N–H and O–H groups in total. The summed E-state index contributed by atoms with van der Waals surface area (Å²) in [6.45, 7) is 0.458. The van der Waals surface area contributed by atoms with Gasteiger partial charge in [-0.15, -0.1) is 10.2 Å². The van der Waals surface area contributed by atoms with Crippen molar-refractivity contribution < 1.29 is 9.90 Å². The number of nitrogens with two attached hydrogens (primary N) is 1. The van der Waals surface area contributed by atoms with E-state index in [-0.39, 0.29) is 6.42 Å². The highest BCUT2D eigenvalue weighted by atomic mass is 16.4. The van der Waals surface area contributed by atoms with Crippen molar-refractivity contribution in [1.82, 2.24) is 25.2 Å². The number of aromatic amines is 1. The number of H-pyrrole nitrogens is 1. The minimum atomic E-state index is -1.01. The van der Waals surface area contributed by atoms with Gasteiger partial charge in [-0.2, -0.15) is 5.21 Å². The SMILES string of the molecule is NC(Cc1cn(Cc2nn[nH]n2)c2ccccc12)C(=O)O. The molecule has 108 valence electrons. The van der Waals surface area contributed by atoms with Crippen LogP contribution in [0.1, 0.15) is 11.4 Å². The van der Waals surface area contributed by atoms with Crippen molar-refractivity contribution in [3.63, 3.8) is 0 Å². The molecule has 0 spiro atoms. The molecule has 8 heteroatoms. The molecule has 0 saturated heterocycles. The molecule has 0 radical (unpaired) electrons. The third kappa shape index (κ3) is 2.61. The van der Waals surface area contributed by atoms with Crippen LogP contribution >= 0.6 is 0 Å². The van der Waals surface area contributed by atoms with Gasteiger partial charge in [-0.3, -0.25) is 4.79 Å². The van der Waals surface area contributed by atoms with Gasteiger partial charge in [-0.1, -0.05) is 23.4 Å². The number of nitrogens with one attached hydrogen (secondary N) is 1. The van der Waals surface area contributed by atoms with E-state index in [1.807, 2.05) is 35.0 Å². The van der Waals surface area contributed by atoms with E-state index in [1.54, 1.807) is 0 Å². The molecule has 0 aliphatic heterocycles. The number of fused-ring (bicyclic) bond motifs is 1. The van der Waals surface area contributed by atoms with Crippen molar-refractivity contribution in [2.75, 3.05) is 0 Å². The number of nitrogens with zero attached hydrogens (tertiary/aromatic N) is 4. The molecule has 1 unspecified atom stereocenters. The van der Waals surface area contributed by atoms with E-state index in [2.05, 4.69) is 20.6 Å². The zero-order chi connectivity index (χ0) is 14.8. The standard InChI is InChI=1S/C13H14N6O2/c14-10(13(20)21)5-8-6-19(7-12-15-17-18-16-12)11-4-2-1-3-9(8)11/h1-4,6,10H,5,7,14H2,(H,20,21)(H,15,16,17,18). The van der Waals surface area contributed by atoms with E-state index in [0.717, 1.165) is 16.5 Å². The fourth-order valence-electron chi connectivity index (χ4n) is 2.34. The van der Waals surface area contributed by atoms with Gasteiger partial charge >= 0.3 is 5.97 Å². The topological polar surface area (TPSA) is 123 Å². The molecule has 0 amide bonds. The van der Waals surface area contributed by atoms with Crippen molar-refractivity contribution in [1.29, 1.82) is 0 Å². The van der Waals surface area contributed by atoms with E-state index < -0.39 is 12.0 Å². The Hall–Kier alpha value is -2.74. The summed E-state index contributed by atoms with van der Waals surface area (Å²) in [4.78, 5) is 10.9. The fourth-order valence-corrected chi connectivity index (χ4v) is 2.34. The summed E-state index contributed by atoms with van der Waals surface area (Å²) in [6.07, 6.45) is 2.17. The van der Waals surface area contributed by atoms with Gasteiger partial charge in [0.2, 0.25) is 0 Å². The predicted molar refractivity (Wildman–Crippen MR) is 74.5 cm³/mol. The van der Waals surface area contributed by atoms with Crippen LogP contribution in [0.25, 0.3) is 10.9 Å². The first kappa shape index (κ1) is 13.3. The summed E-state index contributed by atoms with van der Waals surface area (Å²) in [6, 6.07) is 6.83. The molecule has 0 saturated carbocycles. The lowest BCUT2D eigenvalue weighted by Crippen LogP contribution is -2.32. The van der Waals surface area contributed by atoms with E-state index in [1.165, 1.54) is 0 Å². The van der Waals surface area contributed by atoms with Crippen molar-refractivity contribution in [2.24, 2.45) is 5.73 Å². The number of hydrogen-bond acceptors (Lipinski definition) is 5. The lowest BCUT2D eigenvalue weighted by Gasteiger charge is -2.04. The number of hydrogen-bond donors (Lipinski definition) is 3. The highest BCUT2D eigenvalue weighted by Crippen LogP contribution is 2.22. The number of tetrazole rings is 1. The average molecular weight is 286 g/mol. The van der Waals surface area contributed by atoms with Gasteiger partial charge in [-0.25, -0.2) is 0 Å². The van der Waals surface area contributed by atoms with Crippen LogP contribution in [-0.4, -0.2) is 42.3 Å². The molecule has 1 atom stereocenters. The Morgan fingerprint density at radius 2 is 2.24 bits per heavy atom. The summed E-state index contributed by atoms with van der Waals surface area (Å²) < 4.78 is 1.96. The summed E-state index contributed by atoms with van der Waals surface area (Å²) in [7, 11) is 0. The number of rotatable bonds is 5. The summed E-state index contributed by atoms with van der Waals surface area (Å²) in [5, 5.41) is 23.7. The van der Waals surface area contributed by atoms with Gasteiger partial charge < -0.3 is 15.4 Å². The van der Waals surface area contributed by atoms with Crippen LogP contribution in [0.5, 0.6) is 0 Å². The van der Waals surface area contributed by atoms with Gasteiger partial charge in [-0.05, 0) is 11.6 Å². The molecule has 1 aromatic carbocycles. The predicted octanol–water partition coefficient (Wildman–Crippen LogP) is 0.157. The Balaban J connectivity index is 1.99. The van der Waals surface area contributed by atoms with Crippen LogP contribution in [0.3, 0.4) is 0 Å². The molecular weight excluding hydrogens is 272 g/mol. The molecule has 3 rings (SSSR count). The van der Waals surface area contributed by atoms with Gasteiger partial charge in [0.25, 0.3) is 0 Å². The Labute approximate surface area is 119 Å². The lowest BCUT2D eigenvalue weighted by molar-refractivity contribution is -0.138. The zero-order valence-electron chi connectivity index (χ0n) is 11.1. The molecule has 0 bridgehead atoms. The van der Waals surface area contributed by atoms with E-state index >= 15 is 0 Å². The van der Waals surface area contributed by atoms with Crippen LogP contribution in [0.2, 0.25) is 0 Å². The monoisotopic (exact) mass is 286 g/mol. The molecule has 3 aromatic rings. The second-order valence-corrected chi connectivity index (χ2v) is 4.78. The molecule has 0 aliphatic carbocycles. The van der Waals surface area contributed by atoms with Gasteiger partial charge in [0.15, 0.2) is 5.82 Å². The van der Waals surface area contributed by atoms with Crippen molar-refractivity contribution in [3.8, 4) is 0 Å². The van der Waals surface area contributed by atoms with Crippen LogP contribution < -0.4 is 5.73 Å². The van der Waals surface area contributed by atoms with E-state index in [9.17, 15) is 4.79 Å². The molecular formula is C13H14N6O2. The minimum absolute atomic E-state index is 0.273. The van der Waals surface area contributed by atoms with Crippen LogP contribution in [0.4, 0.5) is 0 Å². The van der Waals surface area contributed by atoms with E-state index in [4.69, 9.17) is 10.8 Å². The highest BCUT2D eigenvalue weighted by Gasteiger charge is 2.16. The van der Waals surface area contributed by atoms with Crippen molar-refractivity contribution in [2.45, 2.75) is 19.0 Å². The first-order chi connectivity index (χ1) is 10.1. The Bertz CT molecular complexity index is 764. The minimum Gasteiger partial charge on any atom is -0.480 e. The summed E-state index contributed by atoms with van der Waals surface area (Å²) >= 11 is 0. The Kier molecular flexibility index (Phi) is 3.36. The maximum atomic E-state index is 10.9. The van der Waals surface area contributed by atoms with E-state index in [0.29, 0.717) is 12.4 Å². The number of carboxylic acid groups (broad SMARTS) is 1. The van der Waals surface area contributed by atoms with Crippen LogP contribution in [0, 0.1) is 0 Å². The first-order valence-electron chi connectivity index (χ1n) is 6.42. The van der Waals surface area contributed by atoms with Gasteiger partial charge in [0, 0.05) is 23.5 Å². The van der Waals surface area contributed by atoms with Crippen LogP contribution in [-0.2, 0) is 17.8 Å². The summed E-state index contributed by atoms with van der Waals surface area (Å²) in [5.41, 5.74) is 7.51. The summed E-state index contributed by atoms with van der Waals surface area (Å²) in [5.74, 6) is -0.449. The Morgan fingerprint density at radius 3 is 2.95 bits per heavy atom. The zero-order valence-corrected chi connectivity index (χ0v) is 11.1. The molecule has 8 nitrogen and oxygen atoms in total. The number of aromatic nitrogens is 5. The number of para-hydroxylation sites is 1. The molecule has 21 heavy (non-hydrogen) atoms. The molecule has 0 aliphatic rings. The fraction of sp³-hybridized carbons (Fsp3) is 0.231. The lowest BCUT2D eigenvalue weighted by atomic mass is 10.1. The average Bonchev–Trinajstić information content (AvgIpc) is 3.09. The number of carboxylic acids is 1. The normalized spacial score (nSPS) is 12.6. The number of benzene rings is 1. The Morgan fingerprint density at radius 1 is 1.43 bits per heavy atom. The van der Waals surface area contributed by atoms with Crippen molar-refractivity contribution in [3.05, 3.63) is 41.9 Å². The van der Waals surface area contributed by atoms with Gasteiger partial charge in [0.1, 0.15) is 6.04 Å².